The highest BCUT2D eigenvalue weighted by Crippen LogP contribution is 2.27. The van der Waals surface area contributed by atoms with E-state index in [0.717, 1.165) is 9.54 Å². The van der Waals surface area contributed by atoms with Crippen molar-refractivity contribution in [3.05, 3.63) is 69.2 Å². The third-order valence-electron chi connectivity index (χ3n) is 3.54. The molecule has 2 rings (SSSR count). The van der Waals surface area contributed by atoms with Crippen molar-refractivity contribution in [3.8, 4) is 6.07 Å². The van der Waals surface area contributed by atoms with Crippen LogP contribution in [0.25, 0.3) is 0 Å². The minimum Gasteiger partial charge on any atom is -0.267 e. The lowest BCUT2D eigenvalue weighted by atomic mass is 10.1. The molecule has 0 saturated carbocycles. The number of imide groups is 1. The summed E-state index contributed by atoms with van der Waals surface area (Å²) in [6.45, 7) is 5.25. The Kier molecular flexibility index (Phi) is 6.50. The number of halogens is 3. The summed E-state index contributed by atoms with van der Waals surface area (Å²) in [6.07, 6.45) is 0. The van der Waals surface area contributed by atoms with Gasteiger partial charge in [0.05, 0.1) is 21.7 Å². The van der Waals surface area contributed by atoms with Gasteiger partial charge in [0.15, 0.2) is 0 Å². The molecule has 0 spiro atoms. The molecule has 0 aliphatic heterocycles. The molecule has 140 valence electrons. The first-order valence-corrected chi connectivity index (χ1v) is 8.95. The van der Waals surface area contributed by atoms with Crippen molar-refractivity contribution in [2.45, 2.75) is 26.3 Å². The molecule has 0 aromatic heterocycles. The number of nitriles is 1. The van der Waals surface area contributed by atoms with E-state index in [4.69, 9.17) is 40.2 Å². The Labute approximate surface area is 172 Å². The standard InChI is InChI=1S/C19H16Cl3N3O2/c1-19(2,3)25(22)24(17(26)13-6-4-12(11-23)5-7-13)18(27)14-8-9-15(20)16(21)10-14/h4-10H,1-3H3. The van der Waals surface area contributed by atoms with Gasteiger partial charge in [0, 0.05) is 28.4 Å². The Bertz CT molecular complexity index is 915. The van der Waals surface area contributed by atoms with Crippen molar-refractivity contribution >= 4 is 46.8 Å². The predicted octanol–water partition coefficient (Wildman–Crippen LogP) is 5.32. The first-order valence-electron chi connectivity index (χ1n) is 7.86. The van der Waals surface area contributed by atoms with E-state index in [1.165, 1.54) is 42.5 Å². The Morgan fingerprint density at radius 1 is 0.926 bits per heavy atom. The third kappa shape index (κ3) is 4.79. The topological polar surface area (TPSA) is 64.4 Å². The van der Waals surface area contributed by atoms with Gasteiger partial charge in [-0.2, -0.15) is 10.3 Å². The quantitative estimate of drug-likeness (QED) is 0.380. The van der Waals surface area contributed by atoms with Gasteiger partial charge in [0.2, 0.25) is 0 Å². The van der Waals surface area contributed by atoms with Gasteiger partial charge < -0.3 is 0 Å². The van der Waals surface area contributed by atoms with E-state index < -0.39 is 17.4 Å². The summed E-state index contributed by atoms with van der Waals surface area (Å²) in [5.41, 5.74) is 0.0152. The second kappa shape index (κ2) is 8.28. The highest BCUT2D eigenvalue weighted by Gasteiger charge is 2.35. The summed E-state index contributed by atoms with van der Waals surface area (Å²) in [5, 5.41) is 10.2. The molecule has 0 bridgehead atoms. The van der Waals surface area contributed by atoms with Crippen LogP contribution in [0.4, 0.5) is 0 Å². The molecule has 0 unspecified atom stereocenters. The zero-order valence-electron chi connectivity index (χ0n) is 14.8. The van der Waals surface area contributed by atoms with E-state index in [-0.39, 0.29) is 21.2 Å². The van der Waals surface area contributed by atoms with E-state index in [0.29, 0.717) is 5.56 Å². The van der Waals surface area contributed by atoms with Crippen molar-refractivity contribution in [1.29, 1.82) is 5.26 Å². The van der Waals surface area contributed by atoms with Gasteiger partial charge in [-0.1, -0.05) is 23.2 Å². The highest BCUT2D eigenvalue weighted by molar-refractivity contribution is 6.42. The second-order valence-corrected chi connectivity index (χ2v) is 7.81. The van der Waals surface area contributed by atoms with Crippen molar-refractivity contribution in [2.24, 2.45) is 0 Å². The van der Waals surface area contributed by atoms with Gasteiger partial charge in [-0.25, -0.2) is 0 Å². The number of amides is 2. The molecule has 27 heavy (non-hydrogen) atoms. The van der Waals surface area contributed by atoms with Crippen LogP contribution in [0.5, 0.6) is 0 Å². The van der Waals surface area contributed by atoms with Crippen LogP contribution in [0.1, 0.15) is 47.1 Å². The van der Waals surface area contributed by atoms with Gasteiger partial charge >= 0.3 is 0 Å². The number of hydrogen-bond donors (Lipinski definition) is 0. The molecular formula is C19H16Cl3N3O2. The molecule has 0 radical (unpaired) electrons. The molecule has 2 aromatic carbocycles. The predicted molar refractivity (Wildman–Crippen MR) is 106 cm³/mol. The van der Waals surface area contributed by atoms with Crippen molar-refractivity contribution in [3.63, 3.8) is 0 Å². The average molecular weight is 425 g/mol. The lowest BCUT2D eigenvalue weighted by Gasteiger charge is -2.36. The summed E-state index contributed by atoms with van der Waals surface area (Å²) in [7, 11) is 0. The molecule has 5 nitrogen and oxygen atoms in total. The van der Waals surface area contributed by atoms with Crippen LogP contribution in [0.2, 0.25) is 10.0 Å². The fourth-order valence-electron chi connectivity index (χ4n) is 2.11. The zero-order valence-corrected chi connectivity index (χ0v) is 17.1. The van der Waals surface area contributed by atoms with Gasteiger partial charge in [0.25, 0.3) is 11.8 Å². The van der Waals surface area contributed by atoms with Gasteiger partial charge in [-0.3, -0.25) is 9.59 Å². The van der Waals surface area contributed by atoms with Crippen molar-refractivity contribution in [2.75, 3.05) is 0 Å². The molecule has 8 heteroatoms. The molecule has 0 heterocycles. The fourth-order valence-corrected chi connectivity index (χ4v) is 2.55. The van der Waals surface area contributed by atoms with Crippen LogP contribution < -0.4 is 0 Å². The Morgan fingerprint density at radius 3 is 1.93 bits per heavy atom. The summed E-state index contributed by atoms with van der Waals surface area (Å²) in [6, 6.07) is 12.2. The Balaban J connectivity index is 2.50. The van der Waals surface area contributed by atoms with Crippen LogP contribution in [0.15, 0.2) is 42.5 Å². The maximum absolute atomic E-state index is 13.1. The molecule has 0 aliphatic carbocycles. The first kappa shape index (κ1) is 21.2. The highest BCUT2D eigenvalue weighted by atomic mass is 35.5. The SMILES string of the molecule is CC(C)(C)N(Cl)N(C(=O)c1ccc(C#N)cc1)C(=O)c1ccc(Cl)c(Cl)c1. The molecule has 0 saturated heterocycles. The van der Waals surface area contributed by atoms with Crippen molar-refractivity contribution < 1.29 is 9.59 Å². The molecule has 0 atom stereocenters. The maximum Gasteiger partial charge on any atom is 0.276 e. The summed E-state index contributed by atoms with van der Waals surface area (Å²) >= 11 is 18.2. The van der Waals surface area contributed by atoms with E-state index >= 15 is 0 Å². The molecule has 0 aliphatic rings. The normalized spacial score (nSPS) is 11.2. The van der Waals surface area contributed by atoms with Gasteiger partial charge in [0.1, 0.15) is 0 Å². The van der Waals surface area contributed by atoms with Crippen LogP contribution in [-0.4, -0.2) is 26.9 Å². The van der Waals surface area contributed by atoms with Crippen LogP contribution in [0, 0.1) is 11.3 Å². The average Bonchev–Trinajstić information content (AvgIpc) is 2.63. The number of nitrogens with zero attached hydrogens (tertiary/aromatic N) is 3. The maximum atomic E-state index is 13.1. The number of carbonyl (C=O) groups excluding carboxylic acids is 2. The minimum absolute atomic E-state index is 0.154. The molecular weight excluding hydrogens is 409 g/mol. The molecule has 2 aromatic rings. The number of benzene rings is 2. The molecule has 0 N–H and O–H groups in total. The first-order chi connectivity index (χ1) is 12.6. The zero-order chi connectivity index (χ0) is 20.4. The van der Waals surface area contributed by atoms with Crippen LogP contribution in [-0.2, 0) is 0 Å². The number of rotatable bonds is 3. The summed E-state index contributed by atoms with van der Waals surface area (Å²) in [4.78, 5) is 26.1. The monoisotopic (exact) mass is 423 g/mol. The molecule has 2 amide bonds. The smallest absolute Gasteiger partial charge is 0.267 e. The van der Waals surface area contributed by atoms with Crippen LogP contribution >= 0.6 is 35.0 Å². The number of carbonyl (C=O) groups is 2. The number of hydrogen-bond acceptors (Lipinski definition) is 4. The third-order valence-corrected chi connectivity index (χ3v) is 4.94. The summed E-state index contributed by atoms with van der Waals surface area (Å²) < 4.78 is 1.04. The lowest BCUT2D eigenvalue weighted by Crippen LogP contribution is -2.52. The number of hydrazine groups is 1. The Hall–Kier alpha value is -2.10. The summed E-state index contributed by atoms with van der Waals surface area (Å²) in [5.74, 6) is -1.30. The van der Waals surface area contributed by atoms with Crippen LogP contribution in [0.3, 0.4) is 0 Å². The lowest BCUT2D eigenvalue weighted by molar-refractivity contribution is 0.00544. The van der Waals surface area contributed by atoms with E-state index in [1.807, 2.05) is 6.07 Å². The fraction of sp³-hybridized carbons (Fsp3) is 0.211. The second-order valence-electron chi connectivity index (χ2n) is 6.67. The van der Waals surface area contributed by atoms with Gasteiger partial charge in [-0.15, -0.1) is 4.53 Å². The van der Waals surface area contributed by atoms with Gasteiger partial charge in [-0.05, 0) is 63.2 Å². The molecule has 0 fully saturated rings. The van der Waals surface area contributed by atoms with E-state index in [9.17, 15) is 9.59 Å². The Morgan fingerprint density at radius 2 is 1.44 bits per heavy atom. The largest absolute Gasteiger partial charge is 0.276 e. The van der Waals surface area contributed by atoms with Crippen molar-refractivity contribution in [1.82, 2.24) is 9.54 Å². The van der Waals surface area contributed by atoms with E-state index in [2.05, 4.69) is 0 Å². The van der Waals surface area contributed by atoms with E-state index in [1.54, 1.807) is 20.8 Å². The minimum atomic E-state index is -0.740.